The number of rotatable bonds is 6. The van der Waals surface area contributed by atoms with Crippen LogP contribution in [0.15, 0.2) is 58.9 Å². The molecule has 0 saturated carbocycles. The van der Waals surface area contributed by atoms with E-state index >= 15 is 0 Å². The summed E-state index contributed by atoms with van der Waals surface area (Å²) in [7, 11) is -3.96. The summed E-state index contributed by atoms with van der Waals surface area (Å²) in [6, 6.07) is 10.7. The highest BCUT2D eigenvalue weighted by Gasteiger charge is 2.29. The SMILES string of the molecule is O=C(Nc1nncs1)C1CCN(C(=O)c2cccc(S(=O)(=O)Nc3ccc(F)cc3)c2)CC1. The molecule has 1 saturated heterocycles. The Balaban J connectivity index is 1.39. The monoisotopic (exact) mass is 489 g/mol. The number of piperidine rings is 1. The molecule has 0 spiro atoms. The molecule has 3 aromatic rings. The van der Waals surface area contributed by atoms with E-state index in [-0.39, 0.29) is 33.9 Å². The molecule has 1 fully saturated rings. The number of nitrogens with one attached hydrogen (secondary N) is 2. The van der Waals surface area contributed by atoms with Gasteiger partial charge in [-0.2, -0.15) is 0 Å². The zero-order valence-corrected chi connectivity index (χ0v) is 18.9. The van der Waals surface area contributed by atoms with Crippen molar-refractivity contribution in [3.8, 4) is 0 Å². The van der Waals surface area contributed by atoms with Crippen LogP contribution in [0.1, 0.15) is 23.2 Å². The highest BCUT2D eigenvalue weighted by atomic mass is 32.2. The van der Waals surface area contributed by atoms with Gasteiger partial charge in [-0.15, -0.1) is 10.2 Å². The predicted molar refractivity (Wildman–Crippen MR) is 121 cm³/mol. The Hall–Kier alpha value is -3.38. The second-order valence-electron chi connectivity index (χ2n) is 7.44. The number of aromatic nitrogens is 2. The average molecular weight is 490 g/mol. The van der Waals surface area contributed by atoms with E-state index in [1.165, 1.54) is 47.2 Å². The maximum absolute atomic E-state index is 13.1. The summed E-state index contributed by atoms with van der Waals surface area (Å²) in [4.78, 5) is 26.9. The Morgan fingerprint density at radius 1 is 1.09 bits per heavy atom. The summed E-state index contributed by atoms with van der Waals surface area (Å²) in [6.45, 7) is 0.746. The molecule has 33 heavy (non-hydrogen) atoms. The van der Waals surface area contributed by atoms with E-state index in [1.54, 1.807) is 11.0 Å². The van der Waals surface area contributed by atoms with Gasteiger partial charge in [-0.25, -0.2) is 12.8 Å². The normalized spacial score (nSPS) is 14.6. The number of nitrogens with zero attached hydrogens (tertiary/aromatic N) is 3. The molecule has 4 rings (SSSR count). The number of halogens is 1. The van der Waals surface area contributed by atoms with Crippen LogP contribution in [0, 0.1) is 11.7 Å². The van der Waals surface area contributed by atoms with E-state index in [1.807, 2.05) is 0 Å². The lowest BCUT2D eigenvalue weighted by Gasteiger charge is -2.31. The van der Waals surface area contributed by atoms with E-state index in [4.69, 9.17) is 0 Å². The van der Waals surface area contributed by atoms with Gasteiger partial charge in [0.2, 0.25) is 11.0 Å². The van der Waals surface area contributed by atoms with Crippen molar-refractivity contribution in [2.75, 3.05) is 23.1 Å². The van der Waals surface area contributed by atoms with Crippen molar-refractivity contribution in [2.45, 2.75) is 17.7 Å². The van der Waals surface area contributed by atoms with Crippen LogP contribution >= 0.6 is 11.3 Å². The van der Waals surface area contributed by atoms with Gasteiger partial charge in [-0.05, 0) is 55.3 Å². The maximum atomic E-state index is 13.1. The number of carbonyl (C=O) groups is 2. The molecule has 0 bridgehead atoms. The Kier molecular flexibility index (Phi) is 6.65. The van der Waals surface area contributed by atoms with Gasteiger partial charge < -0.3 is 10.2 Å². The van der Waals surface area contributed by atoms with E-state index in [9.17, 15) is 22.4 Å². The van der Waals surface area contributed by atoms with Crippen LogP contribution in [-0.2, 0) is 14.8 Å². The zero-order chi connectivity index (χ0) is 23.4. The largest absolute Gasteiger partial charge is 0.339 e. The lowest BCUT2D eigenvalue weighted by Crippen LogP contribution is -2.41. The lowest BCUT2D eigenvalue weighted by molar-refractivity contribution is -0.121. The number of amides is 2. The molecule has 1 aliphatic heterocycles. The summed E-state index contributed by atoms with van der Waals surface area (Å²) in [5, 5.41) is 10.6. The summed E-state index contributed by atoms with van der Waals surface area (Å²) in [5.74, 6) is -1.19. The molecular formula is C21H20FN5O4S2. The molecule has 2 aromatic carbocycles. The summed E-state index contributed by atoms with van der Waals surface area (Å²) >= 11 is 1.23. The molecule has 1 aromatic heterocycles. The number of likely N-dealkylation sites (tertiary alicyclic amines) is 1. The highest BCUT2D eigenvalue weighted by Crippen LogP contribution is 2.23. The summed E-state index contributed by atoms with van der Waals surface area (Å²) < 4.78 is 40.8. The fraction of sp³-hybridized carbons (Fsp3) is 0.238. The minimum absolute atomic E-state index is 0.0796. The Labute approximate surface area is 193 Å². The third kappa shape index (κ3) is 5.52. The molecule has 2 amide bonds. The minimum Gasteiger partial charge on any atom is -0.339 e. The summed E-state index contributed by atoms with van der Waals surface area (Å²) in [5.41, 5.74) is 1.97. The van der Waals surface area contributed by atoms with Gasteiger partial charge in [-0.1, -0.05) is 17.4 Å². The smallest absolute Gasteiger partial charge is 0.261 e. The molecule has 0 radical (unpaired) electrons. The van der Waals surface area contributed by atoms with Crippen LogP contribution in [-0.4, -0.2) is 48.4 Å². The third-order valence-corrected chi connectivity index (χ3v) is 7.22. The average Bonchev–Trinajstić information content (AvgIpc) is 3.33. The number of hydrogen-bond donors (Lipinski definition) is 2. The highest BCUT2D eigenvalue weighted by molar-refractivity contribution is 7.92. The fourth-order valence-electron chi connectivity index (χ4n) is 3.49. The van der Waals surface area contributed by atoms with Crippen molar-refractivity contribution in [3.63, 3.8) is 0 Å². The van der Waals surface area contributed by atoms with Crippen LogP contribution in [0.4, 0.5) is 15.2 Å². The summed E-state index contributed by atoms with van der Waals surface area (Å²) in [6.07, 6.45) is 0.973. The van der Waals surface area contributed by atoms with Gasteiger partial charge in [0.25, 0.3) is 15.9 Å². The quantitative estimate of drug-likeness (QED) is 0.549. The van der Waals surface area contributed by atoms with Crippen LogP contribution in [0.2, 0.25) is 0 Å². The van der Waals surface area contributed by atoms with Crippen LogP contribution in [0.3, 0.4) is 0 Å². The first kappa shape index (κ1) is 22.8. The fourth-order valence-corrected chi connectivity index (χ4v) is 5.04. The number of anilines is 2. The Morgan fingerprint density at radius 2 is 1.82 bits per heavy atom. The molecule has 2 N–H and O–H groups in total. The van der Waals surface area contributed by atoms with Gasteiger partial charge in [-0.3, -0.25) is 14.3 Å². The standard InChI is InChI=1S/C21H20FN5O4S2/c22-16-4-6-17(7-5-16)26-33(30,31)18-3-1-2-15(12-18)20(29)27-10-8-14(9-11-27)19(28)24-21-25-23-13-32-21/h1-7,12-14,26H,8-11H2,(H,24,25,28). The van der Waals surface area contributed by atoms with Gasteiger partial charge in [0.1, 0.15) is 11.3 Å². The van der Waals surface area contributed by atoms with Crippen LogP contribution in [0.25, 0.3) is 0 Å². The first-order valence-electron chi connectivity index (χ1n) is 10.1. The van der Waals surface area contributed by atoms with Crippen LogP contribution < -0.4 is 10.0 Å². The van der Waals surface area contributed by atoms with Crippen molar-refractivity contribution in [1.82, 2.24) is 15.1 Å². The van der Waals surface area contributed by atoms with E-state index in [2.05, 4.69) is 20.2 Å². The van der Waals surface area contributed by atoms with E-state index in [0.717, 1.165) is 12.1 Å². The number of sulfonamides is 1. The number of benzene rings is 2. The number of hydrogen-bond acceptors (Lipinski definition) is 7. The first-order valence-corrected chi connectivity index (χ1v) is 12.4. The maximum Gasteiger partial charge on any atom is 0.261 e. The molecule has 0 atom stereocenters. The number of carbonyl (C=O) groups excluding carboxylic acids is 2. The van der Waals surface area contributed by atoms with E-state index < -0.39 is 15.8 Å². The molecule has 9 nitrogen and oxygen atoms in total. The van der Waals surface area contributed by atoms with E-state index in [0.29, 0.717) is 31.1 Å². The van der Waals surface area contributed by atoms with Crippen molar-refractivity contribution in [2.24, 2.45) is 5.92 Å². The Bertz CT molecular complexity index is 1240. The second kappa shape index (κ2) is 9.63. The first-order chi connectivity index (χ1) is 15.8. The molecule has 0 aliphatic carbocycles. The van der Waals surface area contributed by atoms with Crippen molar-refractivity contribution in [1.29, 1.82) is 0 Å². The van der Waals surface area contributed by atoms with Crippen molar-refractivity contribution >= 4 is 44.0 Å². The molecule has 172 valence electrons. The zero-order valence-electron chi connectivity index (χ0n) is 17.3. The van der Waals surface area contributed by atoms with Gasteiger partial charge in [0.05, 0.1) is 4.90 Å². The molecule has 2 heterocycles. The van der Waals surface area contributed by atoms with Crippen LogP contribution in [0.5, 0.6) is 0 Å². The molecule has 0 unspecified atom stereocenters. The van der Waals surface area contributed by atoms with Crippen molar-refractivity contribution < 1.29 is 22.4 Å². The minimum atomic E-state index is -3.96. The topological polar surface area (TPSA) is 121 Å². The molecular weight excluding hydrogens is 469 g/mol. The molecule has 1 aliphatic rings. The third-order valence-electron chi connectivity index (χ3n) is 5.23. The Morgan fingerprint density at radius 3 is 2.48 bits per heavy atom. The lowest BCUT2D eigenvalue weighted by atomic mass is 9.95. The second-order valence-corrected chi connectivity index (χ2v) is 9.96. The van der Waals surface area contributed by atoms with Crippen molar-refractivity contribution in [3.05, 3.63) is 65.4 Å². The van der Waals surface area contributed by atoms with Gasteiger partial charge >= 0.3 is 0 Å². The van der Waals surface area contributed by atoms with Gasteiger partial charge in [0, 0.05) is 30.3 Å². The predicted octanol–water partition coefficient (Wildman–Crippen LogP) is 2.97. The van der Waals surface area contributed by atoms with Gasteiger partial charge in [0.15, 0.2) is 0 Å². The molecule has 12 heteroatoms.